The lowest BCUT2D eigenvalue weighted by Crippen LogP contribution is -2.31. The second kappa shape index (κ2) is 12.5. The van der Waals surface area contributed by atoms with Crippen LogP contribution < -0.4 is 10.6 Å². The predicted molar refractivity (Wildman–Crippen MR) is 141 cm³/mol. The molecular formula is C24H26N4O6S2. The number of ether oxygens (including phenoxy) is 2. The molecule has 2 N–H and O–H groups in total. The Labute approximate surface area is 215 Å². The van der Waals surface area contributed by atoms with Crippen molar-refractivity contribution in [3.63, 3.8) is 0 Å². The van der Waals surface area contributed by atoms with E-state index < -0.39 is 24.0 Å². The van der Waals surface area contributed by atoms with E-state index in [2.05, 4.69) is 20.6 Å². The quantitative estimate of drug-likeness (QED) is 0.141. The van der Waals surface area contributed by atoms with E-state index in [0.29, 0.717) is 46.5 Å². The van der Waals surface area contributed by atoms with E-state index in [1.165, 1.54) is 14.2 Å². The number of hydrogen-bond donors (Lipinski definition) is 2. The van der Waals surface area contributed by atoms with Crippen LogP contribution in [0.3, 0.4) is 0 Å². The van der Waals surface area contributed by atoms with E-state index in [0.717, 1.165) is 0 Å². The number of anilines is 2. The van der Waals surface area contributed by atoms with E-state index >= 15 is 0 Å². The molecule has 0 amide bonds. The Morgan fingerprint density at radius 1 is 0.778 bits per heavy atom. The van der Waals surface area contributed by atoms with Crippen LogP contribution in [-0.4, -0.2) is 59.7 Å². The largest absolute Gasteiger partial charge is 0.467 e. The molecular weight excluding hydrogens is 504 g/mol. The molecule has 2 heterocycles. The lowest BCUT2D eigenvalue weighted by molar-refractivity contribution is -0.142. The lowest BCUT2D eigenvalue weighted by atomic mass is 10.2. The van der Waals surface area contributed by atoms with Crippen molar-refractivity contribution in [1.29, 1.82) is 0 Å². The van der Waals surface area contributed by atoms with E-state index in [1.807, 2.05) is 48.5 Å². The summed E-state index contributed by atoms with van der Waals surface area (Å²) in [4.78, 5) is 33.2. The Morgan fingerprint density at radius 2 is 1.19 bits per heavy atom. The molecule has 36 heavy (non-hydrogen) atoms. The van der Waals surface area contributed by atoms with Gasteiger partial charge in [-0.05, 0) is 37.1 Å². The van der Waals surface area contributed by atoms with Crippen LogP contribution in [0.25, 0.3) is 22.2 Å². The van der Waals surface area contributed by atoms with Gasteiger partial charge < -0.3 is 28.9 Å². The zero-order valence-electron chi connectivity index (χ0n) is 19.8. The van der Waals surface area contributed by atoms with Crippen molar-refractivity contribution < 1.29 is 27.9 Å². The first-order valence-electron chi connectivity index (χ1n) is 11.2. The maximum atomic E-state index is 12.2. The van der Waals surface area contributed by atoms with Crippen LogP contribution in [0.1, 0.15) is 12.8 Å². The van der Waals surface area contributed by atoms with E-state index in [4.69, 9.17) is 18.3 Å². The fourth-order valence-electron chi connectivity index (χ4n) is 3.40. The van der Waals surface area contributed by atoms with Crippen molar-refractivity contribution in [2.75, 3.05) is 36.4 Å². The normalized spacial score (nSPS) is 12.8. The molecule has 0 aliphatic carbocycles. The molecule has 4 rings (SSSR count). The molecule has 2 aromatic heterocycles. The van der Waals surface area contributed by atoms with Crippen LogP contribution in [0.2, 0.25) is 0 Å². The molecule has 10 nitrogen and oxygen atoms in total. The Morgan fingerprint density at radius 3 is 1.58 bits per heavy atom. The van der Waals surface area contributed by atoms with Gasteiger partial charge in [-0.3, -0.25) is 0 Å². The van der Waals surface area contributed by atoms with Gasteiger partial charge in [0, 0.05) is 11.5 Å². The zero-order valence-corrected chi connectivity index (χ0v) is 21.4. The van der Waals surface area contributed by atoms with Crippen molar-refractivity contribution in [3.8, 4) is 0 Å². The van der Waals surface area contributed by atoms with Gasteiger partial charge in [-0.2, -0.15) is 9.97 Å². The lowest BCUT2D eigenvalue weighted by Gasteiger charge is -2.16. The van der Waals surface area contributed by atoms with Crippen LogP contribution in [-0.2, 0) is 19.1 Å². The molecule has 2 unspecified atom stereocenters. The Hall–Kier alpha value is -3.38. The number of hydrogen-bond acceptors (Lipinski definition) is 12. The SMILES string of the molecule is COC(=O)C(CCSSCCC(Nc1nc2ccccc2o1)C(=O)OC)Nc1nc2ccccc2o1. The standard InChI is InChI=1S/C24H26N4O6S2/c1-31-21(29)17(27-23-25-15-7-3-5-9-19(15)33-23)11-13-35-36-14-12-18(22(30)32-2)28-24-26-16-8-4-6-10-20(16)34-24/h3-10,17-18H,11-14H2,1-2H3,(H,25,27)(H,26,28). The minimum absolute atomic E-state index is 0.274. The molecule has 2 atom stereocenters. The summed E-state index contributed by atoms with van der Waals surface area (Å²) in [5, 5.41) is 6.05. The van der Waals surface area contributed by atoms with Gasteiger partial charge in [0.2, 0.25) is 0 Å². The molecule has 4 aromatic rings. The van der Waals surface area contributed by atoms with Crippen molar-refractivity contribution in [2.45, 2.75) is 24.9 Å². The number of carbonyl (C=O) groups is 2. The van der Waals surface area contributed by atoms with Crippen LogP contribution in [0.4, 0.5) is 12.0 Å². The minimum atomic E-state index is -0.597. The summed E-state index contributed by atoms with van der Waals surface area (Å²) in [6.45, 7) is 0. The topological polar surface area (TPSA) is 129 Å². The number of nitrogens with one attached hydrogen (secondary N) is 2. The third kappa shape index (κ3) is 6.64. The molecule has 2 aromatic carbocycles. The summed E-state index contributed by atoms with van der Waals surface area (Å²) in [6.07, 6.45) is 1.01. The average Bonchev–Trinajstić information content (AvgIpc) is 3.51. The second-order valence-electron chi connectivity index (χ2n) is 7.63. The monoisotopic (exact) mass is 530 g/mol. The Balaban J connectivity index is 1.24. The van der Waals surface area contributed by atoms with Gasteiger partial charge in [0.25, 0.3) is 12.0 Å². The number of aromatic nitrogens is 2. The predicted octanol–water partition coefficient (Wildman–Crippen LogP) is 4.74. The molecule has 0 saturated heterocycles. The van der Waals surface area contributed by atoms with E-state index in [9.17, 15) is 9.59 Å². The minimum Gasteiger partial charge on any atom is -0.467 e. The molecule has 0 saturated carbocycles. The third-order valence-electron chi connectivity index (χ3n) is 5.22. The first kappa shape index (κ1) is 25.7. The Kier molecular flexibility index (Phi) is 8.95. The molecule has 0 spiro atoms. The first-order chi connectivity index (χ1) is 17.6. The van der Waals surface area contributed by atoms with Crippen molar-refractivity contribution >= 4 is 67.8 Å². The average molecular weight is 531 g/mol. The molecule has 0 bridgehead atoms. The van der Waals surface area contributed by atoms with Gasteiger partial charge in [0.1, 0.15) is 23.1 Å². The maximum Gasteiger partial charge on any atom is 0.328 e. The molecule has 0 aliphatic rings. The van der Waals surface area contributed by atoms with Gasteiger partial charge in [0.15, 0.2) is 11.2 Å². The number of fused-ring (bicyclic) bond motifs is 2. The maximum absolute atomic E-state index is 12.2. The highest BCUT2D eigenvalue weighted by Crippen LogP contribution is 2.26. The van der Waals surface area contributed by atoms with E-state index in [1.54, 1.807) is 21.6 Å². The van der Waals surface area contributed by atoms with Crippen LogP contribution in [0.15, 0.2) is 57.4 Å². The molecule has 12 heteroatoms. The summed E-state index contributed by atoms with van der Waals surface area (Å²) in [7, 11) is 5.89. The first-order valence-corrected chi connectivity index (χ1v) is 13.7. The molecule has 0 radical (unpaired) electrons. The molecule has 190 valence electrons. The van der Waals surface area contributed by atoms with Crippen molar-refractivity contribution in [3.05, 3.63) is 48.5 Å². The fourth-order valence-corrected chi connectivity index (χ4v) is 5.58. The molecule has 0 fully saturated rings. The highest BCUT2D eigenvalue weighted by molar-refractivity contribution is 8.76. The number of nitrogens with zero attached hydrogens (tertiary/aromatic N) is 2. The number of benzene rings is 2. The Bertz CT molecular complexity index is 1140. The number of para-hydroxylation sites is 4. The smallest absolute Gasteiger partial charge is 0.328 e. The molecule has 0 aliphatic heterocycles. The number of methoxy groups -OCH3 is 2. The number of esters is 2. The van der Waals surface area contributed by atoms with E-state index in [-0.39, 0.29) is 12.0 Å². The van der Waals surface area contributed by atoms with Crippen LogP contribution >= 0.6 is 21.6 Å². The van der Waals surface area contributed by atoms with Gasteiger partial charge in [-0.1, -0.05) is 45.9 Å². The van der Waals surface area contributed by atoms with Crippen molar-refractivity contribution in [2.24, 2.45) is 0 Å². The number of carbonyl (C=O) groups excluding carboxylic acids is 2. The zero-order chi connectivity index (χ0) is 25.3. The summed E-state index contributed by atoms with van der Waals surface area (Å²) < 4.78 is 21.2. The second-order valence-corrected chi connectivity index (χ2v) is 10.3. The summed E-state index contributed by atoms with van der Waals surface area (Å²) in [6, 6.07) is 14.1. The summed E-state index contributed by atoms with van der Waals surface area (Å²) >= 11 is 0. The van der Waals surface area contributed by atoms with Crippen molar-refractivity contribution in [1.82, 2.24) is 9.97 Å². The van der Waals surface area contributed by atoms with Gasteiger partial charge >= 0.3 is 11.9 Å². The highest BCUT2D eigenvalue weighted by atomic mass is 33.1. The van der Waals surface area contributed by atoms with Gasteiger partial charge in [0.05, 0.1) is 14.2 Å². The summed E-state index contributed by atoms with van der Waals surface area (Å²) in [5.41, 5.74) is 2.70. The summed E-state index contributed by atoms with van der Waals surface area (Å²) in [5.74, 6) is 0.547. The number of rotatable bonds is 13. The fraction of sp³-hybridized carbons (Fsp3) is 0.333. The van der Waals surface area contributed by atoms with Gasteiger partial charge in [-0.15, -0.1) is 0 Å². The third-order valence-corrected chi connectivity index (χ3v) is 7.69. The highest BCUT2D eigenvalue weighted by Gasteiger charge is 2.23. The number of oxazole rings is 2. The van der Waals surface area contributed by atoms with Crippen LogP contribution in [0, 0.1) is 0 Å². The van der Waals surface area contributed by atoms with Gasteiger partial charge in [-0.25, -0.2) is 9.59 Å². The van der Waals surface area contributed by atoms with Crippen LogP contribution in [0.5, 0.6) is 0 Å².